The molecule has 1 aromatic carbocycles. The largest absolute Gasteiger partial charge is 0.487 e. The second-order valence-corrected chi connectivity index (χ2v) is 6.98. The molecule has 2 heterocycles. The molecule has 0 atom stereocenters. The van der Waals surface area contributed by atoms with Crippen molar-refractivity contribution in [2.24, 2.45) is 0 Å². The Bertz CT molecular complexity index is 767. The Morgan fingerprint density at radius 2 is 2.13 bits per heavy atom. The molecular formula is C18H17N3OS. The second kappa shape index (κ2) is 6.46. The summed E-state index contributed by atoms with van der Waals surface area (Å²) in [5.74, 6) is 0.772. The number of aromatic amines is 1. The first-order valence-corrected chi connectivity index (χ1v) is 8.59. The minimum absolute atomic E-state index is 0.560. The lowest BCUT2D eigenvalue weighted by atomic mass is 10.2. The summed E-state index contributed by atoms with van der Waals surface area (Å²) < 4.78 is 5.84. The zero-order chi connectivity index (χ0) is 15.5. The van der Waals surface area contributed by atoms with Gasteiger partial charge in [-0.1, -0.05) is 12.1 Å². The van der Waals surface area contributed by atoms with Gasteiger partial charge in [0.15, 0.2) is 0 Å². The Kier molecular flexibility index (Phi) is 4.03. The van der Waals surface area contributed by atoms with Gasteiger partial charge in [0, 0.05) is 16.3 Å². The van der Waals surface area contributed by atoms with Crippen LogP contribution >= 0.6 is 11.8 Å². The first kappa shape index (κ1) is 14.3. The van der Waals surface area contributed by atoms with Crippen LogP contribution in [0.25, 0.3) is 11.4 Å². The number of hydrogen-bond donors (Lipinski definition) is 1. The lowest BCUT2D eigenvalue weighted by molar-refractivity contribution is 0.305. The van der Waals surface area contributed by atoms with Crippen LogP contribution in [0.15, 0.2) is 59.8 Å². The highest BCUT2D eigenvalue weighted by Crippen LogP contribution is 2.39. The molecule has 1 aliphatic rings. The summed E-state index contributed by atoms with van der Waals surface area (Å²) in [5, 5.41) is 7.66. The second-order valence-electron chi connectivity index (χ2n) is 5.60. The number of hydrogen-bond acceptors (Lipinski definition) is 4. The van der Waals surface area contributed by atoms with Gasteiger partial charge in [-0.15, -0.1) is 11.8 Å². The molecule has 2 aromatic heterocycles. The van der Waals surface area contributed by atoms with Crippen molar-refractivity contribution >= 4 is 11.8 Å². The number of benzene rings is 1. The van der Waals surface area contributed by atoms with Crippen LogP contribution in [0.4, 0.5) is 0 Å². The number of aromatic nitrogens is 3. The van der Waals surface area contributed by atoms with Crippen molar-refractivity contribution < 1.29 is 4.74 Å². The number of H-pyrrole nitrogens is 1. The summed E-state index contributed by atoms with van der Waals surface area (Å²) in [6, 6.07) is 14.4. The van der Waals surface area contributed by atoms with Crippen LogP contribution in [-0.2, 0) is 6.61 Å². The van der Waals surface area contributed by atoms with Crippen LogP contribution in [0.1, 0.15) is 18.4 Å². The summed E-state index contributed by atoms with van der Waals surface area (Å²) in [5.41, 5.74) is 2.95. The van der Waals surface area contributed by atoms with Crippen molar-refractivity contribution in [1.82, 2.24) is 15.2 Å². The average molecular weight is 323 g/mol. The zero-order valence-corrected chi connectivity index (χ0v) is 13.4. The standard InChI is InChI=1S/C18H17N3OS/c1-2-13(10-16(3-1)23-15-5-6-15)12-22-14-4-7-17(19-11-14)18-8-9-20-21-18/h1-4,7-11,15H,5-6,12H2,(H,20,21). The van der Waals surface area contributed by atoms with Gasteiger partial charge in [-0.25, -0.2) is 0 Å². The predicted molar refractivity (Wildman–Crippen MR) is 91.5 cm³/mol. The van der Waals surface area contributed by atoms with E-state index in [0.717, 1.165) is 22.4 Å². The number of thioether (sulfide) groups is 1. The Labute approximate surface area is 139 Å². The Morgan fingerprint density at radius 1 is 1.17 bits per heavy atom. The van der Waals surface area contributed by atoms with Crippen LogP contribution < -0.4 is 4.74 Å². The summed E-state index contributed by atoms with van der Waals surface area (Å²) in [4.78, 5) is 5.73. The summed E-state index contributed by atoms with van der Waals surface area (Å²) in [6.07, 6.45) is 6.16. The van der Waals surface area contributed by atoms with E-state index in [0.29, 0.717) is 6.61 Å². The van der Waals surface area contributed by atoms with Crippen molar-refractivity contribution in [2.75, 3.05) is 0 Å². The quantitative estimate of drug-likeness (QED) is 0.734. The third kappa shape index (κ3) is 3.74. The van der Waals surface area contributed by atoms with Crippen molar-refractivity contribution in [2.45, 2.75) is 29.6 Å². The molecule has 0 bridgehead atoms. The van der Waals surface area contributed by atoms with Crippen molar-refractivity contribution in [3.63, 3.8) is 0 Å². The molecule has 5 heteroatoms. The summed E-state index contributed by atoms with van der Waals surface area (Å²) in [6.45, 7) is 0.560. The Morgan fingerprint density at radius 3 is 2.87 bits per heavy atom. The van der Waals surface area contributed by atoms with E-state index in [2.05, 4.69) is 39.4 Å². The van der Waals surface area contributed by atoms with E-state index in [1.807, 2.05) is 30.0 Å². The van der Waals surface area contributed by atoms with Gasteiger partial charge in [-0.3, -0.25) is 10.1 Å². The van der Waals surface area contributed by atoms with E-state index in [1.165, 1.54) is 23.3 Å². The third-order valence-corrected chi connectivity index (χ3v) is 4.97. The zero-order valence-electron chi connectivity index (χ0n) is 12.6. The van der Waals surface area contributed by atoms with E-state index >= 15 is 0 Å². The van der Waals surface area contributed by atoms with Crippen LogP contribution in [0.2, 0.25) is 0 Å². The van der Waals surface area contributed by atoms with Crippen molar-refractivity contribution in [3.05, 3.63) is 60.4 Å². The van der Waals surface area contributed by atoms with Gasteiger partial charge in [0.25, 0.3) is 0 Å². The van der Waals surface area contributed by atoms with E-state index in [9.17, 15) is 0 Å². The fourth-order valence-electron chi connectivity index (χ4n) is 2.28. The van der Waals surface area contributed by atoms with Gasteiger partial charge in [-0.05, 0) is 48.7 Å². The Balaban J connectivity index is 1.38. The molecule has 0 radical (unpaired) electrons. The predicted octanol–water partition coefficient (Wildman–Crippen LogP) is 4.31. The molecule has 1 saturated carbocycles. The molecular weight excluding hydrogens is 306 g/mol. The smallest absolute Gasteiger partial charge is 0.138 e. The van der Waals surface area contributed by atoms with Gasteiger partial charge in [0.05, 0.1) is 17.6 Å². The maximum Gasteiger partial charge on any atom is 0.138 e. The molecule has 0 saturated heterocycles. The molecule has 0 spiro atoms. The number of pyridine rings is 1. The fourth-order valence-corrected chi connectivity index (χ4v) is 3.41. The Hall–Kier alpha value is -2.27. The molecule has 0 aliphatic heterocycles. The molecule has 1 aliphatic carbocycles. The minimum Gasteiger partial charge on any atom is -0.487 e. The molecule has 4 rings (SSSR count). The van der Waals surface area contributed by atoms with E-state index in [-0.39, 0.29) is 0 Å². The van der Waals surface area contributed by atoms with Gasteiger partial charge in [0.1, 0.15) is 12.4 Å². The summed E-state index contributed by atoms with van der Waals surface area (Å²) >= 11 is 1.97. The molecule has 0 amide bonds. The lowest BCUT2D eigenvalue weighted by Gasteiger charge is -2.08. The molecule has 23 heavy (non-hydrogen) atoms. The van der Waals surface area contributed by atoms with Crippen LogP contribution in [0, 0.1) is 0 Å². The monoisotopic (exact) mass is 323 g/mol. The van der Waals surface area contributed by atoms with Gasteiger partial charge in [0.2, 0.25) is 0 Å². The molecule has 116 valence electrons. The maximum absolute atomic E-state index is 5.84. The highest BCUT2D eigenvalue weighted by atomic mass is 32.2. The van der Waals surface area contributed by atoms with E-state index < -0.39 is 0 Å². The van der Waals surface area contributed by atoms with Crippen molar-refractivity contribution in [1.29, 1.82) is 0 Å². The van der Waals surface area contributed by atoms with E-state index in [1.54, 1.807) is 12.4 Å². The van der Waals surface area contributed by atoms with Gasteiger partial charge in [-0.2, -0.15) is 5.10 Å². The fraction of sp³-hybridized carbons (Fsp3) is 0.222. The maximum atomic E-state index is 5.84. The number of nitrogens with one attached hydrogen (secondary N) is 1. The van der Waals surface area contributed by atoms with E-state index in [4.69, 9.17) is 4.74 Å². The average Bonchev–Trinajstić information content (AvgIpc) is 3.23. The van der Waals surface area contributed by atoms with Crippen LogP contribution in [0.3, 0.4) is 0 Å². The first-order valence-electron chi connectivity index (χ1n) is 7.71. The first-order chi connectivity index (χ1) is 11.4. The molecule has 4 nitrogen and oxygen atoms in total. The van der Waals surface area contributed by atoms with Crippen LogP contribution in [0.5, 0.6) is 5.75 Å². The minimum atomic E-state index is 0.560. The molecule has 3 aromatic rings. The molecule has 0 unspecified atom stereocenters. The van der Waals surface area contributed by atoms with Crippen molar-refractivity contribution in [3.8, 4) is 17.1 Å². The summed E-state index contributed by atoms with van der Waals surface area (Å²) in [7, 11) is 0. The number of rotatable bonds is 6. The third-order valence-electron chi connectivity index (χ3n) is 3.64. The van der Waals surface area contributed by atoms with Crippen LogP contribution in [-0.4, -0.2) is 20.4 Å². The highest BCUT2D eigenvalue weighted by Gasteiger charge is 2.22. The number of ether oxygens (including phenoxy) is 1. The lowest BCUT2D eigenvalue weighted by Crippen LogP contribution is -1.96. The van der Waals surface area contributed by atoms with Gasteiger partial charge < -0.3 is 4.74 Å². The highest BCUT2D eigenvalue weighted by molar-refractivity contribution is 8.00. The molecule has 1 fully saturated rings. The number of nitrogens with zero attached hydrogens (tertiary/aromatic N) is 2. The normalized spacial score (nSPS) is 13.9. The van der Waals surface area contributed by atoms with Gasteiger partial charge >= 0.3 is 0 Å². The SMILES string of the molecule is c1cc(COc2ccc(-c3ccn[nH]3)nc2)cc(SC2CC2)c1. The molecule has 1 N–H and O–H groups in total. The topological polar surface area (TPSA) is 50.8 Å².